The molecule has 0 unspecified atom stereocenters. The van der Waals surface area contributed by atoms with Gasteiger partial charge in [-0.05, 0) is 30.3 Å². The van der Waals surface area contributed by atoms with Crippen molar-refractivity contribution in [2.75, 3.05) is 22.4 Å². The molecule has 0 bridgehead atoms. The summed E-state index contributed by atoms with van der Waals surface area (Å²) in [5, 5.41) is 5.27. The number of nitrogens with one attached hydrogen (secondary N) is 2. The molecule has 0 aliphatic carbocycles. The second kappa shape index (κ2) is 8.52. The fourth-order valence-corrected chi connectivity index (χ4v) is 3.24. The van der Waals surface area contributed by atoms with Gasteiger partial charge >= 0.3 is 0 Å². The molecule has 0 aliphatic rings. The van der Waals surface area contributed by atoms with E-state index in [4.69, 9.17) is 4.42 Å². The second-order valence-corrected chi connectivity index (χ2v) is 7.58. The van der Waals surface area contributed by atoms with Crippen LogP contribution in [0.25, 0.3) is 0 Å². The summed E-state index contributed by atoms with van der Waals surface area (Å²) in [7, 11) is -3.59. The minimum absolute atomic E-state index is 0.0157. The summed E-state index contributed by atoms with van der Waals surface area (Å²) >= 11 is 0. The van der Waals surface area contributed by atoms with Crippen LogP contribution in [0.5, 0.6) is 0 Å². The number of carbonyl (C=O) groups is 2. The van der Waals surface area contributed by atoms with E-state index in [0.29, 0.717) is 17.1 Å². The van der Waals surface area contributed by atoms with Gasteiger partial charge in [-0.2, -0.15) is 0 Å². The Morgan fingerprint density at radius 2 is 1.96 bits per heavy atom. The summed E-state index contributed by atoms with van der Waals surface area (Å²) in [5.74, 6) is 0.0553. The van der Waals surface area contributed by atoms with Crippen molar-refractivity contribution in [2.24, 2.45) is 0 Å². The molecule has 140 valence electrons. The lowest BCUT2D eigenvalue weighted by atomic mass is 10.2. The third-order valence-corrected chi connectivity index (χ3v) is 4.63. The average molecular weight is 379 g/mol. The van der Waals surface area contributed by atoms with E-state index in [2.05, 4.69) is 10.6 Å². The van der Waals surface area contributed by atoms with Gasteiger partial charge in [-0.3, -0.25) is 13.9 Å². The molecular weight excluding hydrogens is 358 g/mol. The van der Waals surface area contributed by atoms with Crippen molar-refractivity contribution in [1.29, 1.82) is 0 Å². The zero-order valence-corrected chi connectivity index (χ0v) is 15.4. The fraction of sp³-hybridized carbons (Fsp3) is 0.294. The largest absolute Gasteiger partial charge is 0.467 e. The van der Waals surface area contributed by atoms with Gasteiger partial charge in [-0.15, -0.1) is 0 Å². The Kier molecular flexibility index (Phi) is 6.40. The summed E-state index contributed by atoms with van der Waals surface area (Å²) in [6.45, 7) is 1.58. The highest BCUT2D eigenvalue weighted by molar-refractivity contribution is 7.92. The number of hydrogen-bond acceptors (Lipinski definition) is 5. The first-order valence-corrected chi connectivity index (χ1v) is 9.75. The lowest BCUT2D eigenvalue weighted by molar-refractivity contribution is -0.121. The normalized spacial score (nSPS) is 11.0. The van der Waals surface area contributed by atoms with Crippen molar-refractivity contribution >= 4 is 33.2 Å². The highest BCUT2D eigenvalue weighted by Gasteiger charge is 2.19. The molecule has 1 heterocycles. The number of rotatable bonds is 8. The molecule has 0 spiro atoms. The van der Waals surface area contributed by atoms with Crippen LogP contribution in [0.4, 0.5) is 11.4 Å². The molecule has 1 aromatic carbocycles. The molecule has 0 radical (unpaired) electrons. The van der Waals surface area contributed by atoms with Crippen molar-refractivity contribution in [2.45, 2.75) is 19.9 Å². The van der Waals surface area contributed by atoms with Gasteiger partial charge in [0, 0.05) is 25.6 Å². The molecule has 2 rings (SSSR count). The number of benzene rings is 1. The molecular formula is C17H21N3O5S. The first kappa shape index (κ1) is 19.5. The van der Waals surface area contributed by atoms with Gasteiger partial charge in [-0.1, -0.05) is 6.07 Å². The number of carbonyl (C=O) groups excluding carboxylic acids is 2. The molecule has 26 heavy (non-hydrogen) atoms. The Bertz CT molecular complexity index is 862. The number of nitrogens with zero attached hydrogens (tertiary/aromatic N) is 1. The molecule has 2 aromatic rings. The van der Waals surface area contributed by atoms with Crippen molar-refractivity contribution in [1.82, 2.24) is 5.32 Å². The van der Waals surface area contributed by atoms with E-state index in [1.54, 1.807) is 36.4 Å². The molecule has 0 saturated heterocycles. The molecule has 0 saturated carbocycles. The third-order valence-electron chi connectivity index (χ3n) is 3.44. The first-order chi connectivity index (χ1) is 12.3. The lowest BCUT2D eigenvalue weighted by Gasteiger charge is -2.22. The minimum Gasteiger partial charge on any atom is -0.467 e. The number of furan rings is 1. The Labute approximate surface area is 152 Å². The predicted octanol–water partition coefficient (Wildman–Crippen LogP) is 1.71. The molecule has 8 nitrogen and oxygen atoms in total. The van der Waals surface area contributed by atoms with Crippen LogP contribution in [0.2, 0.25) is 0 Å². The van der Waals surface area contributed by atoms with Gasteiger partial charge in [0.05, 0.1) is 24.8 Å². The number of anilines is 2. The fourth-order valence-electron chi connectivity index (χ4n) is 2.32. The Balaban J connectivity index is 2.03. The predicted molar refractivity (Wildman–Crippen MR) is 98.1 cm³/mol. The van der Waals surface area contributed by atoms with E-state index >= 15 is 0 Å². The maximum absolute atomic E-state index is 12.1. The number of amides is 2. The molecule has 1 aromatic heterocycles. The monoisotopic (exact) mass is 379 g/mol. The Hall–Kier alpha value is -2.81. The molecule has 2 N–H and O–H groups in total. The van der Waals surface area contributed by atoms with Crippen LogP contribution in [0.15, 0.2) is 47.1 Å². The van der Waals surface area contributed by atoms with Gasteiger partial charge in [-0.25, -0.2) is 8.42 Å². The van der Waals surface area contributed by atoms with E-state index in [0.717, 1.165) is 10.6 Å². The summed E-state index contributed by atoms with van der Waals surface area (Å²) in [6, 6.07) is 9.89. The second-order valence-electron chi connectivity index (χ2n) is 5.67. The SMILES string of the molecule is CC(=O)Nc1cccc(N(CCC(=O)NCc2ccco2)S(C)(=O)=O)c1. The van der Waals surface area contributed by atoms with Gasteiger partial charge in [0.15, 0.2) is 0 Å². The zero-order valence-electron chi connectivity index (χ0n) is 14.6. The minimum atomic E-state index is -3.59. The third kappa shape index (κ3) is 5.92. The maximum Gasteiger partial charge on any atom is 0.232 e. The number of hydrogen-bond donors (Lipinski definition) is 2. The van der Waals surface area contributed by atoms with E-state index in [-0.39, 0.29) is 31.3 Å². The highest BCUT2D eigenvalue weighted by Crippen LogP contribution is 2.22. The van der Waals surface area contributed by atoms with Gasteiger partial charge in [0.1, 0.15) is 5.76 Å². The van der Waals surface area contributed by atoms with Crippen LogP contribution in [0, 0.1) is 0 Å². The highest BCUT2D eigenvalue weighted by atomic mass is 32.2. The van der Waals surface area contributed by atoms with Gasteiger partial charge < -0.3 is 15.1 Å². The Morgan fingerprint density at radius 1 is 1.19 bits per heavy atom. The molecule has 2 amide bonds. The summed E-state index contributed by atoms with van der Waals surface area (Å²) in [6.07, 6.45) is 2.56. The summed E-state index contributed by atoms with van der Waals surface area (Å²) in [4.78, 5) is 23.2. The van der Waals surface area contributed by atoms with Gasteiger partial charge in [0.25, 0.3) is 0 Å². The summed E-state index contributed by atoms with van der Waals surface area (Å²) < 4.78 is 30.5. The van der Waals surface area contributed by atoms with Crippen molar-refractivity contribution < 1.29 is 22.4 Å². The van der Waals surface area contributed by atoms with Crippen LogP contribution in [0.1, 0.15) is 19.1 Å². The van der Waals surface area contributed by atoms with Crippen molar-refractivity contribution in [3.05, 3.63) is 48.4 Å². The standard InChI is InChI=1S/C17H21N3O5S/c1-13(21)19-14-5-3-6-15(11-14)20(26(2,23)24)9-8-17(22)18-12-16-7-4-10-25-16/h3-7,10-11H,8-9,12H2,1-2H3,(H,18,22)(H,19,21). The van der Waals surface area contributed by atoms with Crippen LogP contribution >= 0.6 is 0 Å². The van der Waals surface area contributed by atoms with Crippen LogP contribution in [0.3, 0.4) is 0 Å². The topological polar surface area (TPSA) is 109 Å². The summed E-state index contributed by atoms with van der Waals surface area (Å²) in [5.41, 5.74) is 0.850. The van der Waals surface area contributed by atoms with Crippen LogP contribution in [-0.4, -0.2) is 33.0 Å². The van der Waals surface area contributed by atoms with Crippen LogP contribution < -0.4 is 14.9 Å². The van der Waals surface area contributed by atoms with Gasteiger partial charge in [0.2, 0.25) is 21.8 Å². The molecule has 9 heteroatoms. The lowest BCUT2D eigenvalue weighted by Crippen LogP contribution is -2.34. The van der Waals surface area contributed by atoms with E-state index in [9.17, 15) is 18.0 Å². The maximum atomic E-state index is 12.1. The van der Waals surface area contributed by atoms with Crippen molar-refractivity contribution in [3.63, 3.8) is 0 Å². The van der Waals surface area contributed by atoms with Crippen molar-refractivity contribution in [3.8, 4) is 0 Å². The van der Waals surface area contributed by atoms with E-state index in [1.807, 2.05) is 0 Å². The molecule has 0 aliphatic heterocycles. The van der Waals surface area contributed by atoms with E-state index in [1.165, 1.54) is 13.2 Å². The smallest absolute Gasteiger partial charge is 0.232 e. The first-order valence-electron chi connectivity index (χ1n) is 7.90. The average Bonchev–Trinajstić information content (AvgIpc) is 3.05. The Morgan fingerprint density at radius 3 is 2.58 bits per heavy atom. The van der Waals surface area contributed by atoms with Crippen LogP contribution in [-0.2, 0) is 26.2 Å². The molecule has 0 fully saturated rings. The van der Waals surface area contributed by atoms with E-state index < -0.39 is 10.0 Å². The quantitative estimate of drug-likeness (QED) is 0.726. The molecule has 0 atom stereocenters. The zero-order chi connectivity index (χ0) is 19.2. The number of sulfonamides is 1.